The van der Waals surface area contributed by atoms with E-state index in [9.17, 15) is 23.6 Å². The van der Waals surface area contributed by atoms with Gasteiger partial charge in [0.15, 0.2) is 11.2 Å². The number of benzene rings is 1. The maximum Gasteiger partial charge on any atom is 0.332 e. The van der Waals surface area contributed by atoms with Gasteiger partial charge in [0.1, 0.15) is 12.4 Å². The molecule has 3 aromatic rings. The number of hydrogen-bond acceptors (Lipinski definition) is 5. The molecule has 2 N–H and O–H groups in total. The molecule has 0 spiro atoms. The van der Waals surface area contributed by atoms with E-state index < -0.39 is 35.5 Å². The van der Waals surface area contributed by atoms with Gasteiger partial charge in [0, 0.05) is 14.1 Å². The van der Waals surface area contributed by atoms with Crippen molar-refractivity contribution >= 4 is 40.4 Å². The molecule has 0 aliphatic rings. The van der Waals surface area contributed by atoms with Crippen molar-refractivity contribution < 1.29 is 14.0 Å². The molecule has 2 heterocycles. The largest absolute Gasteiger partial charge is 0.332 e. The zero-order valence-corrected chi connectivity index (χ0v) is 15.5. The lowest BCUT2D eigenvalue weighted by Gasteiger charge is -2.09. The summed E-state index contributed by atoms with van der Waals surface area (Å²) in [6, 6.07) is 4.47. The molecule has 3 amide bonds. The number of rotatable bonds is 3. The van der Waals surface area contributed by atoms with E-state index in [1.54, 1.807) is 0 Å². The first-order valence-corrected chi connectivity index (χ1v) is 8.25. The number of para-hydroxylation sites is 1. The van der Waals surface area contributed by atoms with Crippen LogP contribution >= 0.6 is 11.6 Å². The van der Waals surface area contributed by atoms with Gasteiger partial charge >= 0.3 is 11.7 Å². The van der Waals surface area contributed by atoms with Gasteiger partial charge in [-0.15, -0.1) is 0 Å². The van der Waals surface area contributed by atoms with Gasteiger partial charge in [-0.1, -0.05) is 12.1 Å². The van der Waals surface area contributed by atoms with Crippen LogP contribution in [-0.4, -0.2) is 30.6 Å². The summed E-state index contributed by atoms with van der Waals surface area (Å²) in [5, 5.41) is 3.99. The molecule has 0 aliphatic carbocycles. The Morgan fingerprint density at radius 2 is 1.86 bits per heavy atom. The van der Waals surface area contributed by atoms with Gasteiger partial charge in [-0.25, -0.2) is 14.0 Å². The van der Waals surface area contributed by atoms with E-state index in [-0.39, 0.29) is 22.1 Å². The topological polar surface area (TPSA) is 120 Å². The summed E-state index contributed by atoms with van der Waals surface area (Å²) in [6.45, 7) is -0.520. The predicted molar refractivity (Wildman–Crippen MR) is 98.8 cm³/mol. The first-order chi connectivity index (χ1) is 13.2. The summed E-state index contributed by atoms with van der Waals surface area (Å²) in [7, 11) is 2.68. The molecule has 0 aliphatic heterocycles. The van der Waals surface area contributed by atoms with Gasteiger partial charge in [-0.05, 0) is 23.7 Å². The van der Waals surface area contributed by atoms with Crippen molar-refractivity contribution in [1.29, 1.82) is 0 Å². The lowest BCUT2D eigenvalue weighted by atomic mass is 10.3. The van der Waals surface area contributed by atoms with E-state index in [0.29, 0.717) is 0 Å². The first-order valence-electron chi connectivity index (χ1n) is 7.87. The van der Waals surface area contributed by atoms with Crippen LogP contribution in [0.3, 0.4) is 0 Å². The fraction of sp³-hybridized carbons (Fsp3) is 0.188. The number of imidazole rings is 1. The van der Waals surface area contributed by atoms with Crippen LogP contribution in [0, 0.1) is 5.82 Å². The molecule has 0 atom stereocenters. The third-order valence-corrected chi connectivity index (χ3v) is 4.27. The average Bonchev–Trinajstić information content (AvgIpc) is 2.96. The molecular weight excluding hydrogens is 395 g/mol. The quantitative estimate of drug-likeness (QED) is 0.614. The summed E-state index contributed by atoms with van der Waals surface area (Å²) in [5.41, 5.74) is -1.47. The van der Waals surface area contributed by atoms with E-state index in [4.69, 9.17) is 11.6 Å². The van der Waals surface area contributed by atoms with Gasteiger partial charge in [0.2, 0.25) is 11.2 Å². The molecule has 146 valence electrons. The van der Waals surface area contributed by atoms with Crippen LogP contribution in [0.5, 0.6) is 0 Å². The normalized spacial score (nSPS) is 10.9. The van der Waals surface area contributed by atoms with Crippen LogP contribution in [0.25, 0.3) is 11.2 Å². The number of aromatic nitrogens is 4. The molecule has 3 rings (SSSR count). The third kappa shape index (κ3) is 3.39. The molecule has 0 saturated heterocycles. The highest BCUT2D eigenvalue weighted by Crippen LogP contribution is 2.15. The first kappa shape index (κ1) is 19.3. The fourth-order valence-electron chi connectivity index (χ4n) is 2.59. The molecule has 0 bridgehead atoms. The van der Waals surface area contributed by atoms with Crippen molar-refractivity contribution in [2.45, 2.75) is 6.54 Å². The number of carbonyl (C=O) groups excluding carboxylic acids is 2. The molecule has 10 nitrogen and oxygen atoms in total. The Bertz CT molecular complexity index is 1230. The van der Waals surface area contributed by atoms with E-state index in [0.717, 1.165) is 19.8 Å². The standard InChI is InChI=1S/C16H14ClFN6O4/c1-22-12-11(13(26)23(2)16(22)28)24(14(17)21-12)7-10(25)20-15(27)19-9-6-4-3-5-8(9)18/h3-6H,7H2,1-2H3,(H2,19,20,25,27). The average molecular weight is 409 g/mol. The van der Waals surface area contributed by atoms with Crippen LogP contribution in [0.15, 0.2) is 33.9 Å². The molecule has 2 aromatic heterocycles. The van der Waals surface area contributed by atoms with Crippen LogP contribution in [0.2, 0.25) is 5.28 Å². The summed E-state index contributed by atoms with van der Waals surface area (Å²) in [5.74, 6) is -1.50. The lowest BCUT2D eigenvalue weighted by molar-refractivity contribution is -0.120. The van der Waals surface area contributed by atoms with Crippen molar-refractivity contribution in [2.24, 2.45) is 14.1 Å². The number of amides is 3. The Morgan fingerprint density at radius 3 is 2.54 bits per heavy atom. The molecule has 0 fully saturated rings. The minimum Gasteiger partial charge on any atom is -0.305 e. The Labute approximate surface area is 161 Å². The number of anilines is 1. The van der Waals surface area contributed by atoms with Gasteiger partial charge in [-0.2, -0.15) is 4.98 Å². The monoisotopic (exact) mass is 408 g/mol. The molecule has 12 heteroatoms. The maximum absolute atomic E-state index is 13.6. The number of fused-ring (bicyclic) bond motifs is 1. The molecule has 28 heavy (non-hydrogen) atoms. The van der Waals surface area contributed by atoms with Crippen molar-refractivity contribution in [2.75, 3.05) is 5.32 Å². The van der Waals surface area contributed by atoms with Gasteiger partial charge in [-0.3, -0.25) is 28.6 Å². The number of hydrogen-bond donors (Lipinski definition) is 2. The zero-order chi connectivity index (χ0) is 20.6. The Balaban J connectivity index is 1.85. The smallest absolute Gasteiger partial charge is 0.305 e. The van der Waals surface area contributed by atoms with Crippen LogP contribution in [0.1, 0.15) is 0 Å². The van der Waals surface area contributed by atoms with E-state index >= 15 is 0 Å². The number of nitrogens with one attached hydrogen (secondary N) is 2. The SMILES string of the molecule is Cn1c(=O)c2c(nc(Cl)n2CC(=O)NC(=O)Nc2ccccc2F)n(C)c1=O. The molecular formula is C16H14ClFN6O4. The van der Waals surface area contributed by atoms with Crippen molar-refractivity contribution in [3.63, 3.8) is 0 Å². The molecule has 0 unspecified atom stereocenters. The number of imide groups is 1. The predicted octanol–water partition coefficient (Wildman–Crippen LogP) is 0.574. The Hall–Kier alpha value is -3.47. The number of nitrogens with zero attached hydrogens (tertiary/aromatic N) is 4. The second-order valence-corrected chi connectivity index (χ2v) is 6.17. The second kappa shape index (κ2) is 7.27. The fourth-order valence-corrected chi connectivity index (χ4v) is 2.81. The van der Waals surface area contributed by atoms with E-state index in [1.165, 1.54) is 32.3 Å². The van der Waals surface area contributed by atoms with Crippen molar-refractivity contribution in [3.05, 3.63) is 56.2 Å². The third-order valence-electron chi connectivity index (χ3n) is 3.98. The molecule has 0 radical (unpaired) electrons. The number of aryl methyl sites for hydroxylation is 1. The minimum absolute atomic E-state index is 0.00158. The summed E-state index contributed by atoms with van der Waals surface area (Å²) in [4.78, 5) is 52.4. The zero-order valence-electron chi connectivity index (χ0n) is 14.7. The highest BCUT2D eigenvalue weighted by atomic mass is 35.5. The minimum atomic E-state index is -0.962. The van der Waals surface area contributed by atoms with Crippen LogP contribution in [0.4, 0.5) is 14.9 Å². The van der Waals surface area contributed by atoms with Gasteiger partial charge in [0.05, 0.1) is 5.69 Å². The van der Waals surface area contributed by atoms with Gasteiger partial charge < -0.3 is 5.32 Å². The lowest BCUT2D eigenvalue weighted by Crippen LogP contribution is -2.39. The molecule has 0 saturated carbocycles. The highest BCUT2D eigenvalue weighted by molar-refractivity contribution is 6.29. The second-order valence-electron chi connectivity index (χ2n) is 5.83. The summed E-state index contributed by atoms with van der Waals surface area (Å²) < 4.78 is 16.6. The Morgan fingerprint density at radius 1 is 1.18 bits per heavy atom. The van der Waals surface area contributed by atoms with E-state index in [1.807, 2.05) is 5.32 Å². The number of urea groups is 1. The summed E-state index contributed by atoms with van der Waals surface area (Å²) >= 11 is 6.01. The maximum atomic E-state index is 13.6. The van der Waals surface area contributed by atoms with Gasteiger partial charge in [0.25, 0.3) is 5.56 Å². The van der Waals surface area contributed by atoms with Crippen LogP contribution < -0.4 is 21.9 Å². The highest BCUT2D eigenvalue weighted by Gasteiger charge is 2.20. The Kier molecular flexibility index (Phi) is 5.01. The number of halogens is 2. The molecule has 1 aromatic carbocycles. The summed E-state index contributed by atoms with van der Waals surface area (Å²) in [6.07, 6.45) is 0. The van der Waals surface area contributed by atoms with E-state index in [2.05, 4.69) is 10.3 Å². The number of carbonyl (C=O) groups is 2. The van der Waals surface area contributed by atoms with Crippen LogP contribution in [-0.2, 0) is 25.4 Å². The van der Waals surface area contributed by atoms with Crippen molar-refractivity contribution in [1.82, 2.24) is 24.0 Å². The van der Waals surface area contributed by atoms with Crippen molar-refractivity contribution in [3.8, 4) is 0 Å².